The van der Waals surface area contributed by atoms with E-state index in [-0.39, 0.29) is 22.1 Å². The van der Waals surface area contributed by atoms with Crippen LogP contribution in [0.5, 0.6) is 0 Å². The molecule has 1 saturated carbocycles. The number of H-pyrrole nitrogens is 1. The van der Waals surface area contributed by atoms with Crippen molar-refractivity contribution >= 4 is 40.1 Å². The predicted molar refractivity (Wildman–Crippen MR) is 101 cm³/mol. The highest BCUT2D eigenvalue weighted by Gasteiger charge is 2.27. The van der Waals surface area contributed by atoms with Gasteiger partial charge in [0.15, 0.2) is 0 Å². The SMILES string of the molecule is N=Cc1c(-c2c(N)c(=O)[nH]c3cc(C4CC4)nc(Cl)c23)ccc(F)c1N. The topological polar surface area (TPSA) is 122 Å². The van der Waals surface area contributed by atoms with Crippen LogP contribution in [0, 0.1) is 11.2 Å². The first-order valence-electron chi connectivity index (χ1n) is 8.03. The van der Waals surface area contributed by atoms with Gasteiger partial charge in [-0.15, -0.1) is 0 Å². The van der Waals surface area contributed by atoms with Crippen molar-refractivity contribution < 1.29 is 4.39 Å². The van der Waals surface area contributed by atoms with E-state index < -0.39 is 11.4 Å². The lowest BCUT2D eigenvalue weighted by Crippen LogP contribution is -2.15. The number of nitrogens with zero attached hydrogens (tertiary/aromatic N) is 1. The smallest absolute Gasteiger partial charge is 0.272 e. The van der Waals surface area contributed by atoms with Crippen molar-refractivity contribution in [3.05, 3.63) is 50.8 Å². The highest BCUT2D eigenvalue weighted by molar-refractivity contribution is 6.35. The number of hydrogen-bond donors (Lipinski definition) is 4. The van der Waals surface area contributed by atoms with Crippen LogP contribution in [0.1, 0.15) is 30.0 Å². The molecule has 2 aromatic heterocycles. The van der Waals surface area contributed by atoms with Crippen molar-refractivity contribution in [1.29, 1.82) is 5.41 Å². The molecule has 6 nitrogen and oxygen atoms in total. The van der Waals surface area contributed by atoms with Gasteiger partial charge in [0, 0.05) is 34.3 Å². The molecule has 0 unspecified atom stereocenters. The number of anilines is 2. The van der Waals surface area contributed by atoms with Gasteiger partial charge in [-0.2, -0.15) is 0 Å². The molecule has 1 aliphatic rings. The molecular formula is C18H15ClFN5O. The summed E-state index contributed by atoms with van der Waals surface area (Å²) in [6.07, 6.45) is 3.00. The first kappa shape index (κ1) is 16.5. The van der Waals surface area contributed by atoms with Gasteiger partial charge in [-0.1, -0.05) is 17.7 Å². The van der Waals surface area contributed by atoms with Crippen LogP contribution in [0.4, 0.5) is 15.8 Å². The Morgan fingerprint density at radius 2 is 2.04 bits per heavy atom. The fourth-order valence-electron chi connectivity index (χ4n) is 3.16. The number of nitrogen functional groups attached to an aromatic ring is 2. The summed E-state index contributed by atoms with van der Waals surface area (Å²) in [5.74, 6) is -0.305. The molecule has 1 aliphatic carbocycles. The molecule has 0 saturated heterocycles. The number of rotatable bonds is 3. The van der Waals surface area contributed by atoms with E-state index in [9.17, 15) is 9.18 Å². The van der Waals surface area contributed by atoms with E-state index in [1.165, 1.54) is 12.1 Å². The van der Waals surface area contributed by atoms with Crippen LogP contribution in [0.2, 0.25) is 5.15 Å². The van der Waals surface area contributed by atoms with Gasteiger partial charge in [0.1, 0.15) is 16.7 Å². The summed E-state index contributed by atoms with van der Waals surface area (Å²) in [6, 6.07) is 4.39. The molecule has 6 N–H and O–H groups in total. The van der Waals surface area contributed by atoms with Crippen molar-refractivity contribution in [3.8, 4) is 11.1 Å². The second-order valence-corrected chi connectivity index (χ2v) is 6.70. The molecular weight excluding hydrogens is 357 g/mol. The minimum atomic E-state index is -0.653. The Morgan fingerprint density at radius 1 is 1.31 bits per heavy atom. The second kappa shape index (κ2) is 5.81. The van der Waals surface area contributed by atoms with Crippen molar-refractivity contribution in [3.63, 3.8) is 0 Å². The van der Waals surface area contributed by atoms with E-state index in [1.807, 2.05) is 0 Å². The normalized spacial score (nSPS) is 13.9. The Kier molecular flexibility index (Phi) is 3.69. The van der Waals surface area contributed by atoms with Crippen LogP contribution < -0.4 is 17.0 Å². The molecule has 132 valence electrons. The maximum absolute atomic E-state index is 13.8. The van der Waals surface area contributed by atoms with E-state index in [2.05, 4.69) is 9.97 Å². The Bertz CT molecular complexity index is 1140. The van der Waals surface area contributed by atoms with Crippen LogP contribution in [0.15, 0.2) is 23.0 Å². The van der Waals surface area contributed by atoms with Gasteiger partial charge >= 0.3 is 0 Å². The van der Waals surface area contributed by atoms with Crippen molar-refractivity contribution in [1.82, 2.24) is 9.97 Å². The summed E-state index contributed by atoms with van der Waals surface area (Å²) >= 11 is 6.43. The van der Waals surface area contributed by atoms with Crippen LogP contribution in [0.3, 0.4) is 0 Å². The number of hydrogen-bond acceptors (Lipinski definition) is 5. The summed E-state index contributed by atoms with van der Waals surface area (Å²) in [4.78, 5) is 19.5. The van der Waals surface area contributed by atoms with Gasteiger partial charge in [-0.3, -0.25) is 4.79 Å². The predicted octanol–water partition coefficient (Wildman–Crippen LogP) is 3.42. The monoisotopic (exact) mass is 371 g/mol. The Morgan fingerprint density at radius 3 is 2.69 bits per heavy atom. The summed E-state index contributed by atoms with van der Waals surface area (Å²) < 4.78 is 13.8. The molecule has 8 heteroatoms. The van der Waals surface area contributed by atoms with E-state index >= 15 is 0 Å². The van der Waals surface area contributed by atoms with Crippen LogP contribution >= 0.6 is 11.6 Å². The lowest BCUT2D eigenvalue weighted by Gasteiger charge is -2.15. The van der Waals surface area contributed by atoms with E-state index in [1.54, 1.807) is 6.07 Å². The number of aromatic amines is 1. The standard InChI is InChI=1S/C18H15ClFN5O/c19-17-14-12(5-11(24-17)7-1-2-7)25-18(26)16(23)13(14)8-3-4-10(20)15(22)9(8)6-21/h3-7,21H,1-2,22-23H2,(H,25,26). The summed E-state index contributed by atoms with van der Waals surface area (Å²) in [5, 5.41) is 8.25. The third-order valence-corrected chi connectivity index (χ3v) is 4.92. The molecule has 0 radical (unpaired) electrons. The molecule has 1 fully saturated rings. The van der Waals surface area contributed by atoms with E-state index in [4.69, 9.17) is 28.5 Å². The summed E-state index contributed by atoms with van der Waals surface area (Å²) in [5.41, 5.74) is 13.1. The van der Waals surface area contributed by atoms with Crippen molar-refractivity contribution in [2.24, 2.45) is 0 Å². The fraction of sp³-hybridized carbons (Fsp3) is 0.167. The molecule has 0 spiro atoms. The number of benzene rings is 1. The summed E-state index contributed by atoms with van der Waals surface area (Å²) in [7, 11) is 0. The zero-order chi connectivity index (χ0) is 18.6. The lowest BCUT2D eigenvalue weighted by molar-refractivity contribution is 0.632. The molecule has 1 aromatic carbocycles. The minimum Gasteiger partial charge on any atom is -0.396 e. The van der Waals surface area contributed by atoms with Gasteiger partial charge < -0.3 is 21.9 Å². The molecule has 0 aliphatic heterocycles. The van der Waals surface area contributed by atoms with Crippen LogP contribution in [-0.4, -0.2) is 16.2 Å². The van der Waals surface area contributed by atoms with Gasteiger partial charge in [0.25, 0.3) is 5.56 Å². The molecule has 4 rings (SSSR count). The number of nitrogens with one attached hydrogen (secondary N) is 2. The van der Waals surface area contributed by atoms with Crippen molar-refractivity contribution in [2.75, 3.05) is 11.5 Å². The Labute approximate surface area is 152 Å². The zero-order valence-corrected chi connectivity index (χ0v) is 14.3. The zero-order valence-electron chi connectivity index (χ0n) is 13.6. The third-order valence-electron chi connectivity index (χ3n) is 4.65. The fourth-order valence-corrected chi connectivity index (χ4v) is 3.45. The van der Waals surface area contributed by atoms with E-state index in [0.717, 1.165) is 24.8 Å². The maximum atomic E-state index is 13.8. The number of aromatic nitrogens is 2. The van der Waals surface area contributed by atoms with E-state index in [0.29, 0.717) is 27.9 Å². The Balaban J connectivity index is 2.13. The van der Waals surface area contributed by atoms with Gasteiger partial charge in [0.05, 0.1) is 11.2 Å². The molecule has 0 atom stereocenters. The number of pyridine rings is 2. The van der Waals surface area contributed by atoms with Crippen molar-refractivity contribution in [2.45, 2.75) is 18.8 Å². The third kappa shape index (κ3) is 2.43. The highest BCUT2D eigenvalue weighted by Crippen LogP contribution is 2.43. The average Bonchev–Trinajstić information content (AvgIpc) is 3.44. The quantitative estimate of drug-likeness (QED) is 0.320. The molecule has 2 heterocycles. The van der Waals surface area contributed by atoms with Crippen LogP contribution in [0.25, 0.3) is 22.0 Å². The molecule has 0 amide bonds. The first-order valence-corrected chi connectivity index (χ1v) is 8.41. The number of nitrogens with two attached hydrogens (primary N) is 2. The maximum Gasteiger partial charge on any atom is 0.272 e. The average molecular weight is 372 g/mol. The largest absolute Gasteiger partial charge is 0.396 e. The highest BCUT2D eigenvalue weighted by atomic mass is 35.5. The second-order valence-electron chi connectivity index (χ2n) is 6.34. The number of halogens is 2. The minimum absolute atomic E-state index is 0.0884. The number of fused-ring (bicyclic) bond motifs is 1. The first-order chi connectivity index (χ1) is 12.4. The lowest BCUT2D eigenvalue weighted by atomic mass is 9.94. The Hall–Kier alpha value is -2.93. The van der Waals surface area contributed by atoms with Gasteiger partial charge in [-0.25, -0.2) is 9.37 Å². The summed E-state index contributed by atoms with van der Waals surface area (Å²) in [6.45, 7) is 0. The van der Waals surface area contributed by atoms with Gasteiger partial charge in [-0.05, 0) is 30.5 Å². The molecule has 26 heavy (non-hydrogen) atoms. The van der Waals surface area contributed by atoms with Crippen LogP contribution in [-0.2, 0) is 0 Å². The molecule has 3 aromatic rings. The molecule has 0 bridgehead atoms. The van der Waals surface area contributed by atoms with Gasteiger partial charge in [0.2, 0.25) is 0 Å².